The van der Waals surface area contributed by atoms with Gasteiger partial charge in [-0.05, 0) is 23.3 Å². The number of benzene rings is 2. The second kappa shape index (κ2) is 5.01. The van der Waals surface area contributed by atoms with Gasteiger partial charge in [0.25, 0.3) is 0 Å². The van der Waals surface area contributed by atoms with Crippen LogP contribution in [0, 0.1) is 0 Å². The van der Waals surface area contributed by atoms with E-state index in [1.807, 2.05) is 12.1 Å². The number of hydrogen-bond donors (Lipinski definition) is 2. The maximum absolute atomic E-state index is 12.7. The van der Waals surface area contributed by atoms with Crippen LogP contribution in [0.25, 0.3) is 10.8 Å². The van der Waals surface area contributed by atoms with E-state index in [0.29, 0.717) is 23.8 Å². The molecule has 1 heterocycles. The molecule has 3 rings (SSSR count). The lowest BCUT2D eigenvalue weighted by Crippen LogP contribution is -2.34. The molecule has 21 heavy (non-hydrogen) atoms. The van der Waals surface area contributed by atoms with Crippen molar-refractivity contribution in [3.63, 3.8) is 0 Å². The third-order valence-electron chi connectivity index (χ3n) is 3.75. The fourth-order valence-corrected chi connectivity index (χ4v) is 2.73. The van der Waals surface area contributed by atoms with E-state index < -0.39 is 11.9 Å². The first-order valence-corrected chi connectivity index (χ1v) is 6.73. The van der Waals surface area contributed by atoms with Gasteiger partial charge in [0.15, 0.2) is 5.78 Å². The maximum Gasteiger partial charge on any atom is 0.249 e. The van der Waals surface area contributed by atoms with Crippen molar-refractivity contribution in [2.45, 2.75) is 18.9 Å². The Kier molecular flexibility index (Phi) is 3.17. The van der Waals surface area contributed by atoms with Gasteiger partial charge in [-0.3, -0.25) is 14.4 Å². The van der Waals surface area contributed by atoms with Crippen LogP contribution in [-0.4, -0.2) is 23.6 Å². The lowest BCUT2D eigenvalue weighted by molar-refractivity contribution is -0.119. The van der Waals surface area contributed by atoms with Crippen molar-refractivity contribution in [3.05, 3.63) is 47.5 Å². The molecule has 0 aromatic heterocycles. The Morgan fingerprint density at radius 2 is 1.90 bits per heavy atom. The van der Waals surface area contributed by atoms with E-state index in [4.69, 9.17) is 5.73 Å². The van der Waals surface area contributed by atoms with Crippen LogP contribution in [0.3, 0.4) is 0 Å². The number of amides is 2. The molecule has 1 aliphatic rings. The van der Waals surface area contributed by atoms with Gasteiger partial charge in [0.05, 0.1) is 11.6 Å². The lowest BCUT2D eigenvalue weighted by Gasteiger charge is -2.14. The molecule has 1 atom stereocenters. The van der Waals surface area contributed by atoms with Crippen LogP contribution < -0.4 is 11.1 Å². The van der Waals surface area contributed by atoms with Gasteiger partial charge in [-0.1, -0.05) is 30.3 Å². The van der Waals surface area contributed by atoms with Crippen molar-refractivity contribution in [3.8, 4) is 0 Å². The predicted molar refractivity (Wildman–Crippen MR) is 78.0 cm³/mol. The summed E-state index contributed by atoms with van der Waals surface area (Å²) in [5.41, 5.74) is 5.88. The number of rotatable bonds is 3. The Morgan fingerprint density at radius 1 is 1.14 bits per heavy atom. The molecule has 2 amide bonds. The SMILES string of the molecule is NC(=O)c1ccc2ccccc2c1C(=O)[C@@H]1CCC(=O)N1. The van der Waals surface area contributed by atoms with Crippen LogP contribution in [-0.2, 0) is 4.79 Å². The summed E-state index contributed by atoms with van der Waals surface area (Å²) < 4.78 is 0. The van der Waals surface area contributed by atoms with E-state index in [-0.39, 0.29) is 17.3 Å². The molecule has 2 aromatic rings. The maximum atomic E-state index is 12.7. The van der Waals surface area contributed by atoms with Gasteiger partial charge in [-0.15, -0.1) is 0 Å². The molecule has 0 unspecified atom stereocenters. The first-order chi connectivity index (χ1) is 10.1. The van der Waals surface area contributed by atoms with Crippen molar-refractivity contribution >= 4 is 28.4 Å². The minimum atomic E-state index is -0.645. The number of fused-ring (bicyclic) bond motifs is 1. The minimum Gasteiger partial charge on any atom is -0.366 e. The Labute approximate surface area is 121 Å². The third-order valence-corrected chi connectivity index (χ3v) is 3.75. The number of nitrogens with two attached hydrogens (primary N) is 1. The van der Waals surface area contributed by atoms with E-state index in [1.165, 1.54) is 0 Å². The van der Waals surface area contributed by atoms with Gasteiger partial charge in [0.2, 0.25) is 11.8 Å². The molecule has 2 aromatic carbocycles. The highest BCUT2D eigenvalue weighted by molar-refractivity contribution is 6.18. The molecule has 0 bridgehead atoms. The van der Waals surface area contributed by atoms with E-state index in [0.717, 1.165) is 5.39 Å². The Hall–Kier alpha value is -2.69. The lowest BCUT2D eigenvalue weighted by atomic mass is 9.92. The zero-order chi connectivity index (χ0) is 15.0. The summed E-state index contributed by atoms with van der Waals surface area (Å²) in [5, 5.41) is 4.18. The Bertz CT molecular complexity index is 767. The zero-order valence-electron chi connectivity index (χ0n) is 11.3. The predicted octanol–water partition coefficient (Wildman–Crippen LogP) is 1.40. The molecule has 0 radical (unpaired) electrons. The fraction of sp³-hybridized carbons (Fsp3) is 0.188. The second-order valence-corrected chi connectivity index (χ2v) is 5.10. The topological polar surface area (TPSA) is 89.3 Å². The van der Waals surface area contributed by atoms with Crippen LogP contribution in [0.2, 0.25) is 0 Å². The number of carbonyl (C=O) groups excluding carboxylic acids is 3. The Balaban J connectivity index is 2.18. The van der Waals surface area contributed by atoms with Gasteiger partial charge < -0.3 is 11.1 Å². The van der Waals surface area contributed by atoms with Crippen molar-refractivity contribution in [2.24, 2.45) is 5.73 Å². The summed E-state index contributed by atoms with van der Waals surface area (Å²) in [6, 6.07) is 10.1. The first-order valence-electron chi connectivity index (χ1n) is 6.73. The van der Waals surface area contributed by atoms with Crippen molar-refractivity contribution in [1.82, 2.24) is 5.32 Å². The largest absolute Gasteiger partial charge is 0.366 e. The molecule has 0 saturated carbocycles. The van der Waals surface area contributed by atoms with E-state index in [9.17, 15) is 14.4 Å². The fourth-order valence-electron chi connectivity index (χ4n) is 2.73. The zero-order valence-corrected chi connectivity index (χ0v) is 11.3. The first kappa shape index (κ1) is 13.3. The van der Waals surface area contributed by atoms with Gasteiger partial charge in [-0.25, -0.2) is 0 Å². The average molecular weight is 282 g/mol. The molecule has 106 valence electrons. The molecular formula is C16H14N2O3. The highest BCUT2D eigenvalue weighted by Gasteiger charge is 2.31. The second-order valence-electron chi connectivity index (χ2n) is 5.10. The molecule has 3 N–H and O–H groups in total. The number of hydrogen-bond acceptors (Lipinski definition) is 3. The summed E-state index contributed by atoms with van der Waals surface area (Å²) in [4.78, 5) is 35.7. The van der Waals surface area contributed by atoms with E-state index >= 15 is 0 Å². The van der Waals surface area contributed by atoms with Crippen LogP contribution >= 0.6 is 0 Å². The number of ketones is 1. The molecule has 1 saturated heterocycles. The normalized spacial score (nSPS) is 17.7. The van der Waals surface area contributed by atoms with Gasteiger partial charge in [-0.2, -0.15) is 0 Å². The monoisotopic (exact) mass is 282 g/mol. The number of primary amides is 1. The van der Waals surface area contributed by atoms with Crippen LogP contribution in [0.4, 0.5) is 0 Å². The van der Waals surface area contributed by atoms with Crippen molar-refractivity contribution in [1.29, 1.82) is 0 Å². The average Bonchev–Trinajstić information content (AvgIpc) is 2.91. The smallest absolute Gasteiger partial charge is 0.249 e. The standard InChI is InChI=1S/C16H14N2O3/c17-16(21)11-6-5-9-3-1-2-4-10(9)14(11)15(20)12-7-8-13(19)18-12/h1-6,12H,7-8H2,(H2,17,21)(H,18,19)/t12-/m0/s1. The van der Waals surface area contributed by atoms with Crippen molar-refractivity contribution in [2.75, 3.05) is 0 Å². The molecule has 0 aliphatic carbocycles. The summed E-state index contributed by atoms with van der Waals surface area (Å²) >= 11 is 0. The minimum absolute atomic E-state index is 0.144. The van der Waals surface area contributed by atoms with Crippen LogP contribution in [0.1, 0.15) is 33.6 Å². The summed E-state index contributed by atoms with van der Waals surface area (Å²) in [7, 11) is 0. The molecule has 5 heteroatoms. The third kappa shape index (κ3) is 2.27. The van der Waals surface area contributed by atoms with Crippen molar-refractivity contribution < 1.29 is 14.4 Å². The number of Topliss-reactive ketones (excluding diaryl/α,β-unsaturated/α-hetero) is 1. The highest BCUT2D eigenvalue weighted by atomic mass is 16.2. The molecule has 5 nitrogen and oxygen atoms in total. The van der Waals surface area contributed by atoms with Crippen LogP contribution in [0.15, 0.2) is 36.4 Å². The summed E-state index contributed by atoms with van der Waals surface area (Å²) in [6.07, 6.45) is 0.770. The Morgan fingerprint density at radius 3 is 2.57 bits per heavy atom. The number of carbonyl (C=O) groups is 3. The van der Waals surface area contributed by atoms with Crippen LogP contribution in [0.5, 0.6) is 0 Å². The molecule has 1 fully saturated rings. The van der Waals surface area contributed by atoms with E-state index in [1.54, 1.807) is 24.3 Å². The molecule has 1 aliphatic heterocycles. The van der Waals surface area contributed by atoms with Gasteiger partial charge >= 0.3 is 0 Å². The van der Waals surface area contributed by atoms with Gasteiger partial charge in [0.1, 0.15) is 0 Å². The molecular weight excluding hydrogens is 268 g/mol. The highest BCUT2D eigenvalue weighted by Crippen LogP contribution is 2.25. The van der Waals surface area contributed by atoms with Gasteiger partial charge in [0, 0.05) is 12.0 Å². The summed E-state index contributed by atoms with van der Waals surface area (Å²) in [5.74, 6) is -1.05. The quantitative estimate of drug-likeness (QED) is 0.834. The molecule has 0 spiro atoms. The summed E-state index contributed by atoms with van der Waals surface area (Å²) in [6.45, 7) is 0. The van der Waals surface area contributed by atoms with E-state index in [2.05, 4.69) is 5.32 Å². The number of nitrogens with one attached hydrogen (secondary N) is 1.